The molecule has 0 bridgehead atoms. The molecule has 0 aliphatic carbocycles. The molecule has 2 aliphatic heterocycles. The second-order valence-electron chi connectivity index (χ2n) is 6.60. The van der Waals surface area contributed by atoms with Crippen LogP contribution in [0, 0.1) is 9.39 Å². The number of ether oxygens (including phenoxy) is 2. The Hall–Kier alpha value is -2.53. The van der Waals surface area contributed by atoms with Crippen molar-refractivity contribution >= 4 is 46.2 Å². The van der Waals surface area contributed by atoms with Gasteiger partial charge in [0, 0.05) is 3.57 Å². The largest absolute Gasteiger partial charge is 0.441 e. The molecule has 4 rings (SSSR count). The van der Waals surface area contributed by atoms with Gasteiger partial charge in [0.2, 0.25) is 0 Å². The van der Waals surface area contributed by atoms with Gasteiger partial charge in [0.1, 0.15) is 11.9 Å². The molecule has 2 aromatic rings. The molecule has 2 aliphatic rings. The number of cyclic esters (lactones) is 1. The smallest absolute Gasteiger partial charge is 0.414 e. The summed E-state index contributed by atoms with van der Waals surface area (Å²) in [5, 5.41) is 0. The summed E-state index contributed by atoms with van der Waals surface area (Å²) in [6, 6.07) is 11.2. The number of carbonyl (C=O) groups is 3. The van der Waals surface area contributed by atoms with Gasteiger partial charge in [0.15, 0.2) is 0 Å². The van der Waals surface area contributed by atoms with E-state index in [0.717, 1.165) is 4.90 Å². The van der Waals surface area contributed by atoms with Crippen molar-refractivity contribution in [1.82, 2.24) is 4.90 Å². The Balaban J connectivity index is 1.28. The molecule has 1 saturated heterocycles. The van der Waals surface area contributed by atoms with Crippen molar-refractivity contribution in [3.8, 4) is 0 Å². The Bertz CT molecular complexity index is 964. The van der Waals surface area contributed by atoms with Gasteiger partial charge in [0.05, 0.1) is 43.1 Å². The van der Waals surface area contributed by atoms with Crippen LogP contribution in [0.2, 0.25) is 0 Å². The van der Waals surface area contributed by atoms with Gasteiger partial charge in [-0.15, -0.1) is 0 Å². The van der Waals surface area contributed by atoms with E-state index in [0.29, 0.717) is 20.4 Å². The van der Waals surface area contributed by atoms with Crippen LogP contribution in [-0.4, -0.2) is 55.2 Å². The van der Waals surface area contributed by atoms with Crippen molar-refractivity contribution in [2.75, 3.05) is 31.2 Å². The molecule has 0 saturated carbocycles. The number of amides is 3. The summed E-state index contributed by atoms with van der Waals surface area (Å²) < 4.78 is 25.0. The van der Waals surface area contributed by atoms with Crippen LogP contribution < -0.4 is 4.90 Å². The van der Waals surface area contributed by atoms with E-state index in [9.17, 15) is 18.8 Å². The first-order valence-corrected chi connectivity index (χ1v) is 10.00. The fourth-order valence-corrected chi connectivity index (χ4v) is 3.62. The first kappa shape index (κ1) is 19.8. The number of imide groups is 1. The summed E-state index contributed by atoms with van der Waals surface area (Å²) in [6.07, 6.45) is -1.09. The van der Waals surface area contributed by atoms with E-state index < -0.39 is 18.0 Å². The van der Waals surface area contributed by atoms with E-state index in [1.54, 1.807) is 36.4 Å². The van der Waals surface area contributed by atoms with Crippen LogP contribution >= 0.6 is 22.6 Å². The number of halogens is 2. The van der Waals surface area contributed by atoms with Crippen LogP contribution in [0.1, 0.15) is 20.7 Å². The average molecular weight is 510 g/mol. The van der Waals surface area contributed by atoms with E-state index in [2.05, 4.69) is 0 Å². The maximum absolute atomic E-state index is 13.7. The Morgan fingerprint density at radius 2 is 1.79 bits per heavy atom. The zero-order valence-electron chi connectivity index (χ0n) is 15.1. The van der Waals surface area contributed by atoms with Gasteiger partial charge in [-0.2, -0.15) is 0 Å². The number of nitrogens with zero attached hydrogens (tertiary/aromatic N) is 2. The lowest BCUT2D eigenvalue weighted by Crippen LogP contribution is -2.34. The van der Waals surface area contributed by atoms with Crippen molar-refractivity contribution in [3.05, 3.63) is 63.0 Å². The number of fused-ring (bicyclic) bond motifs is 1. The lowest BCUT2D eigenvalue weighted by molar-refractivity contribution is 0.0337. The minimum Gasteiger partial charge on any atom is -0.441 e. The van der Waals surface area contributed by atoms with Gasteiger partial charge in [-0.1, -0.05) is 12.1 Å². The van der Waals surface area contributed by atoms with Crippen molar-refractivity contribution in [1.29, 1.82) is 0 Å². The van der Waals surface area contributed by atoms with Gasteiger partial charge in [0.25, 0.3) is 11.8 Å². The second-order valence-corrected chi connectivity index (χ2v) is 7.76. The van der Waals surface area contributed by atoms with Gasteiger partial charge in [-0.05, 0) is 52.9 Å². The SMILES string of the molecule is O=C1c2ccccc2C(=O)N1CCOC[C@H]1CN(c2ccc(I)c(F)c2)C(=O)O1. The van der Waals surface area contributed by atoms with E-state index >= 15 is 0 Å². The fourth-order valence-electron chi connectivity index (χ4n) is 3.28. The Labute approximate surface area is 179 Å². The minimum atomic E-state index is -0.570. The predicted molar refractivity (Wildman–Crippen MR) is 109 cm³/mol. The topological polar surface area (TPSA) is 76.2 Å². The molecule has 29 heavy (non-hydrogen) atoms. The molecular formula is C20H16FIN2O5. The van der Waals surface area contributed by atoms with Crippen LogP contribution in [-0.2, 0) is 9.47 Å². The molecule has 1 fully saturated rings. The first-order valence-electron chi connectivity index (χ1n) is 8.92. The number of hydrogen-bond donors (Lipinski definition) is 0. The average Bonchev–Trinajstić information content (AvgIpc) is 3.20. The van der Waals surface area contributed by atoms with E-state index in [1.165, 1.54) is 11.0 Å². The molecule has 2 aromatic carbocycles. The van der Waals surface area contributed by atoms with E-state index in [-0.39, 0.29) is 38.1 Å². The molecular weight excluding hydrogens is 494 g/mol. The minimum absolute atomic E-state index is 0.109. The standard InChI is InChI=1S/C20H16FIN2O5/c21-16-9-12(5-6-17(16)22)24-10-13(29-20(24)27)11-28-8-7-23-18(25)14-3-1-2-4-15(14)19(23)26/h1-6,9,13H,7-8,10-11H2/t13-/m1/s1. The summed E-state index contributed by atoms with van der Waals surface area (Å²) in [7, 11) is 0. The van der Waals surface area contributed by atoms with E-state index in [1.807, 2.05) is 22.6 Å². The van der Waals surface area contributed by atoms with Crippen molar-refractivity contribution in [2.45, 2.75) is 6.10 Å². The van der Waals surface area contributed by atoms with Gasteiger partial charge in [-0.3, -0.25) is 19.4 Å². The molecule has 0 aromatic heterocycles. The zero-order chi connectivity index (χ0) is 20.5. The molecule has 7 nitrogen and oxygen atoms in total. The molecule has 1 atom stereocenters. The monoisotopic (exact) mass is 510 g/mol. The molecule has 0 unspecified atom stereocenters. The number of benzene rings is 2. The Morgan fingerprint density at radius 3 is 2.45 bits per heavy atom. The third kappa shape index (κ3) is 3.84. The predicted octanol–water partition coefficient (Wildman–Crippen LogP) is 3.07. The zero-order valence-corrected chi connectivity index (χ0v) is 17.3. The number of anilines is 1. The lowest BCUT2D eigenvalue weighted by atomic mass is 10.1. The number of rotatable bonds is 6. The van der Waals surface area contributed by atoms with Gasteiger partial charge >= 0.3 is 6.09 Å². The molecule has 2 heterocycles. The van der Waals surface area contributed by atoms with Crippen LogP contribution in [0.15, 0.2) is 42.5 Å². The highest BCUT2D eigenvalue weighted by atomic mass is 127. The van der Waals surface area contributed by atoms with Crippen LogP contribution in [0.3, 0.4) is 0 Å². The summed E-state index contributed by atoms with van der Waals surface area (Å²) in [6.45, 7) is 0.570. The summed E-state index contributed by atoms with van der Waals surface area (Å²) in [4.78, 5) is 39.1. The lowest BCUT2D eigenvalue weighted by Gasteiger charge is -2.15. The third-order valence-corrected chi connectivity index (χ3v) is 5.60. The normalized spacial score (nSPS) is 18.4. The van der Waals surface area contributed by atoms with Crippen LogP contribution in [0.25, 0.3) is 0 Å². The Morgan fingerprint density at radius 1 is 1.10 bits per heavy atom. The quantitative estimate of drug-likeness (QED) is 0.340. The summed E-state index contributed by atoms with van der Waals surface area (Å²) in [5.74, 6) is -1.08. The summed E-state index contributed by atoms with van der Waals surface area (Å²) >= 11 is 1.87. The van der Waals surface area contributed by atoms with Crippen LogP contribution in [0.5, 0.6) is 0 Å². The number of hydrogen-bond acceptors (Lipinski definition) is 5. The van der Waals surface area contributed by atoms with Crippen molar-refractivity contribution < 1.29 is 28.2 Å². The molecule has 9 heteroatoms. The van der Waals surface area contributed by atoms with Crippen LogP contribution in [0.4, 0.5) is 14.9 Å². The second kappa shape index (κ2) is 8.07. The number of carbonyl (C=O) groups excluding carboxylic acids is 3. The maximum atomic E-state index is 13.7. The highest BCUT2D eigenvalue weighted by Crippen LogP contribution is 2.25. The highest BCUT2D eigenvalue weighted by molar-refractivity contribution is 14.1. The molecule has 0 radical (unpaired) electrons. The molecule has 0 spiro atoms. The third-order valence-electron chi connectivity index (χ3n) is 4.73. The fraction of sp³-hybridized carbons (Fsp3) is 0.250. The highest BCUT2D eigenvalue weighted by Gasteiger charge is 2.35. The van der Waals surface area contributed by atoms with Crippen molar-refractivity contribution in [3.63, 3.8) is 0 Å². The molecule has 150 valence electrons. The molecule has 0 N–H and O–H groups in total. The Kier molecular flexibility index (Phi) is 5.50. The summed E-state index contributed by atoms with van der Waals surface area (Å²) in [5.41, 5.74) is 1.20. The first-order chi connectivity index (χ1) is 14.0. The van der Waals surface area contributed by atoms with Gasteiger partial charge in [-0.25, -0.2) is 9.18 Å². The van der Waals surface area contributed by atoms with Crippen molar-refractivity contribution in [2.24, 2.45) is 0 Å². The molecule has 3 amide bonds. The van der Waals surface area contributed by atoms with Gasteiger partial charge < -0.3 is 9.47 Å². The maximum Gasteiger partial charge on any atom is 0.414 e. The van der Waals surface area contributed by atoms with E-state index in [4.69, 9.17) is 9.47 Å².